The number of nitrogens with one attached hydrogen (secondary N) is 1. The van der Waals surface area contributed by atoms with Gasteiger partial charge in [0, 0.05) is 30.2 Å². The number of nitrogens with zero attached hydrogens (tertiary/aromatic N) is 1. The first-order valence-corrected chi connectivity index (χ1v) is 7.35. The predicted octanol–water partition coefficient (Wildman–Crippen LogP) is 2.20. The molecule has 2 heterocycles. The van der Waals surface area contributed by atoms with E-state index in [1.807, 2.05) is 11.1 Å². The standard InChI is InChI=1S/C16H17FN2O2/c17-11-1-2-14-12(9-11)13(10-18-14)16(3-4-16)15(20)19-5-7-21-8-6-19/h1-2,9-10,18H,3-8H2. The molecule has 0 bridgehead atoms. The Hall–Kier alpha value is -1.88. The lowest BCUT2D eigenvalue weighted by Crippen LogP contribution is -2.45. The molecule has 0 spiro atoms. The highest BCUT2D eigenvalue weighted by atomic mass is 19.1. The van der Waals surface area contributed by atoms with Gasteiger partial charge in [0.05, 0.1) is 18.6 Å². The molecule has 0 unspecified atom stereocenters. The van der Waals surface area contributed by atoms with Crippen molar-refractivity contribution in [2.75, 3.05) is 26.3 Å². The number of amides is 1. The Morgan fingerprint density at radius 3 is 2.76 bits per heavy atom. The van der Waals surface area contributed by atoms with Crippen molar-refractivity contribution in [3.05, 3.63) is 35.8 Å². The molecule has 1 saturated heterocycles. The molecule has 4 rings (SSSR count). The summed E-state index contributed by atoms with van der Waals surface area (Å²) in [6.07, 6.45) is 3.55. The first kappa shape index (κ1) is 12.8. The number of hydrogen-bond acceptors (Lipinski definition) is 2. The van der Waals surface area contributed by atoms with Crippen molar-refractivity contribution in [1.29, 1.82) is 0 Å². The topological polar surface area (TPSA) is 45.3 Å². The van der Waals surface area contributed by atoms with E-state index in [1.165, 1.54) is 12.1 Å². The summed E-state index contributed by atoms with van der Waals surface area (Å²) in [6, 6.07) is 4.68. The Morgan fingerprint density at radius 2 is 2.05 bits per heavy atom. The molecule has 1 amide bonds. The fraction of sp³-hybridized carbons (Fsp3) is 0.438. The van der Waals surface area contributed by atoms with Crippen LogP contribution in [0, 0.1) is 5.82 Å². The number of halogens is 1. The Balaban J connectivity index is 1.73. The van der Waals surface area contributed by atoms with Crippen LogP contribution in [0.2, 0.25) is 0 Å². The van der Waals surface area contributed by atoms with E-state index in [1.54, 1.807) is 6.07 Å². The summed E-state index contributed by atoms with van der Waals surface area (Å²) >= 11 is 0. The number of fused-ring (bicyclic) bond motifs is 1. The lowest BCUT2D eigenvalue weighted by Gasteiger charge is -2.30. The molecular formula is C16H17FN2O2. The molecule has 2 aromatic rings. The van der Waals surface area contributed by atoms with Crippen molar-refractivity contribution in [2.45, 2.75) is 18.3 Å². The summed E-state index contributed by atoms with van der Waals surface area (Å²) in [5.41, 5.74) is 1.37. The summed E-state index contributed by atoms with van der Waals surface area (Å²) in [4.78, 5) is 17.9. The van der Waals surface area contributed by atoms with E-state index in [9.17, 15) is 9.18 Å². The highest BCUT2D eigenvalue weighted by Crippen LogP contribution is 2.51. The Morgan fingerprint density at radius 1 is 1.29 bits per heavy atom. The van der Waals surface area contributed by atoms with Gasteiger partial charge in [0.2, 0.25) is 5.91 Å². The third-order valence-corrected chi connectivity index (χ3v) is 4.62. The second kappa shape index (κ2) is 4.56. The zero-order chi connectivity index (χ0) is 14.4. The van der Waals surface area contributed by atoms with Gasteiger partial charge in [-0.25, -0.2) is 4.39 Å². The van der Waals surface area contributed by atoms with Crippen LogP contribution in [0.5, 0.6) is 0 Å². The SMILES string of the molecule is O=C(N1CCOCC1)C1(c2c[nH]c3ccc(F)cc23)CC1. The highest BCUT2D eigenvalue weighted by Gasteiger charge is 2.54. The lowest BCUT2D eigenvalue weighted by molar-refractivity contribution is -0.138. The van der Waals surface area contributed by atoms with Crippen molar-refractivity contribution < 1.29 is 13.9 Å². The molecule has 5 heteroatoms. The minimum absolute atomic E-state index is 0.163. The summed E-state index contributed by atoms with van der Waals surface area (Å²) in [5.74, 6) is -0.103. The van der Waals surface area contributed by atoms with Gasteiger partial charge >= 0.3 is 0 Å². The molecule has 1 aromatic heterocycles. The number of carbonyl (C=O) groups excluding carboxylic acids is 1. The van der Waals surface area contributed by atoms with Gasteiger partial charge in [-0.05, 0) is 36.6 Å². The van der Waals surface area contributed by atoms with Crippen LogP contribution in [0.3, 0.4) is 0 Å². The molecule has 1 saturated carbocycles. The van der Waals surface area contributed by atoms with Gasteiger partial charge in [0.15, 0.2) is 0 Å². The van der Waals surface area contributed by atoms with Gasteiger partial charge in [0.25, 0.3) is 0 Å². The fourth-order valence-corrected chi connectivity index (χ4v) is 3.28. The van der Waals surface area contributed by atoms with Crippen molar-refractivity contribution in [2.24, 2.45) is 0 Å². The number of carbonyl (C=O) groups is 1. The molecule has 0 radical (unpaired) electrons. The van der Waals surface area contributed by atoms with Gasteiger partial charge in [-0.2, -0.15) is 0 Å². The molecule has 1 aliphatic carbocycles. The van der Waals surface area contributed by atoms with E-state index in [0.29, 0.717) is 26.3 Å². The third kappa shape index (κ3) is 1.95. The molecule has 0 atom stereocenters. The molecule has 1 aromatic carbocycles. The normalized spacial score (nSPS) is 20.7. The Labute approximate surface area is 121 Å². The molecule has 1 N–H and O–H groups in total. The zero-order valence-corrected chi connectivity index (χ0v) is 11.7. The summed E-state index contributed by atoms with van der Waals surface area (Å²) in [5, 5.41) is 0.828. The number of rotatable bonds is 2. The number of benzene rings is 1. The average Bonchev–Trinajstić information content (AvgIpc) is 3.22. The minimum atomic E-state index is -0.455. The summed E-state index contributed by atoms with van der Waals surface area (Å²) in [7, 11) is 0. The maximum Gasteiger partial charge on any atom is 0.233 e. The monoisotopic (exact) mass is 288 g/mol. The molecule has 110 valence electrons. The lowest BCUT2D eigenvalue weighted by atomic mass is 9.93. The quantitative estimate of drug-likeness (QED) is 0.920. The number of hydrogen-bond donors (Lipinski definition) is 1. The molecule has 21 heavy (non-hydrogen) atoms. The van der Waals surface area contributed by atoms with Gasteiger partial charge in [-0.3, -0.25) is 4.79 Å². The molecule has 4 nitrogen and oxygen atoms in total. The number of ether oxygens (including phenoxy) is 1. The molecule has 2 fully saturated rings. The van der Waals surface area contributed by atoms with Crippen LogP contribution in [-0.4, -0.2) is 42.1 Å². The predicted molar refractivity (Wildman–Crippen MR) is 76.6 cm³/mol. The first-order valence-electron chi connectivity index (χ1n) is 7.35. The molecule has 1 aliphatic heterocycles. The van der Waals surface area contributed by atoms with Crippen LogP contribution in [0.15, 0.2) is 24.4 Å². The van der Waals surface area contributed by atoms with Crippen LogP contribution >= 0.6 is 0 Å². The Kier molecular flexibility index (Phi) is 2.79. The fourth-order valence-electron chi connectivity index (χ4n) is 3.28. The van der Waals surface area contributed by atoms with E-state index in [2.05, 4.69) is 4.98 Å². The number of morpholine rings is 1. The van der Waals surface area contributed by atoms with E-state index < -0.39 is 5.41 Å². The maximum absolute atomic E-state index is 13.5. The second-order valence-corrected chi connectivity index (χ2v) is 5.88. The second-order valence-electron chi connectivity index (χ2n) is 5.88. The summed E-state index contributed by atoms with van der Waals surface area (Å²) < 4.78 is 18.8. The van der Waals surface area contributed by atoms with Crippen LogP contribution in [0.4, 0.5) is 4.39 Å². The first-order chi connectivity index (χ1) is 10.2. The van der Waals surface area contributed by atoms with E-state index >= 15 is 0 Å². The molecular weight excluding hydrogens is 271 g/mol. The Bertz CT molecular complexity index is 699. The van der Waals surface area contributed by atoms with Crippen molar-refractivity contribution in [3.63, 3.8) is 0 Å². The van der Waals surface area contributed by atoms with Crippen LogP contribution in [-0.2, 0) is 14.9 Å². The molecule has 2 aliphatic rings. The largest absolute Gasteiger partial charge is 0.378 e. The van der Waals surface area contributed by atoms with E-state index in [0.717, 1.165) is 29.3 Å². The number of aromatic nitrogens is 1. The van der Waals surface area contributed by atoms with E-state index in [4.69, 9.17) is 4.74 Å². The maximum atomic E-state index is 13.5. The van der Waals surface area contributed by atoms with Gasteiger partial charge in [0.1, 0.15) is 5.82 Å². The smallest absolute Gasteiger partial charge is 0.233 e. The van der Waals surface area contributed by atoms with Gasteiger partial charge in [-0.15, -0.1) is 0 Å². The van der Waals surface area contributed by atoms with Crippen LogP contribution in [0.25, 0.3) is 10.9 Å². The minimum Gasteiger partial charge on any atom is -0.378 e. The number of H-pyrrole nitrogens is 1. The summed E-state index contributed by atoms with van der Waals surface area (Å²) in [6.45, 7) is 2.50. The van der Waals surface area contributed by atoms with Crippen molar-refractivity contribution in [3.8, 4) is 0 Å². The van der Waals surface area contributed by atoms with Crippen LogP contribution < -0.4 is 0 Å². The van der Waals surface area contributed by atoms with Gasteiger partial charge < -0.3 is 14.6 Å². The third-order valence-electron chi connectivity index (χ3n) is 4.62. The highest BCUT2D eigenvalue weighted by molar-refractivity contribution is 5.97. The van der Waals surface area contributed by atoms with Gasteiger partial charge in [-0.1, -0.05) is 0 Å². The number of aromatic amines is 1. The van der Waals surface area contributed by atoms with Crippen molar-refractivity contribution >= 4 is 16.8 Å². The average molecular weight is 288 g/mol. The van der Waals surface area contributed by atoms with Crippen molar-refractivity contribution in [1.82, 2.24) is 9.88 Å². The zero-order valence-electron chi connectivity index (χ0n) is 11.7. The van der Waals surface area contributed by atoms with E-state index in [-0.39, 0.29) is 11.7 Å². The van der Waals surface area contributed by atoms with Crippen LogP contribution in [0.1, 0.15) is 18.4 Å².